The van der Waals surface area contributed by atoms with Crippen LogP contribution in [0.3, 0.4) is 0 Å². The van der Waals surface area contributed by atoms with E-state index in [4.69, 9.17) is 27.5 Å². The van der Waals surface area contributed by atoms with Gasteiger partial charge in [-0.1, -0.05) is 11.6 Å². The van der Waals surface area contributed by atoms with Crippen molar-refractivity contribution in [2.45, 2.75) is 0 Å². The number of nitrogen functional groups attached to an aromatic ring is 1. The standard InChI is InChI=1S/C12H16ClN3O4/c13-9-7-8(14)1-2-10(9)15-11(19)12(20)16(3-5-17)4-6-18/h1-2,7,17-18H,3-6,14H2,(H,15,19). The van der Waals surface area contributed by atoms with Crippen LogP contribution in [0.15, 0.2) is 18.2 Å². The minimum atomic E-state index is -0.904. The predicted octanol–water partition coefficient (Wildman–Crippen LogP) is -0.326. The molecule has 20 heavy (non-hydrogen) atoms. The van der Waals surface area contributed by atoms with E-state index in [-0.39, 0.29) is 37.0 Å². The van der Waals surface area contributed by atoms with Gasteiger partial charge >= 0.3 is 11.8 Å². The third-order valence-electron chi connectivity index (χ3n) is 2.46. The van der Waals surface area contributed by atoms with E-state index in [2.05, 4.69) is 5.32 Å². The zero-order valence-corrected chi connectivity index (χ0v) is 11.4. The molecule has 5 N–H and O–H groups in total. The number of aliphatic hydroxyl groups is 2. The maximum Gasteiger partial charge on any atom is 0.313 e. The van der Waals surface area contributed by atoms with Gasteiger partial charge in [0.2, 0.25) is 0 Å². The molecule has 0 unspecified atom stereocenters. The SMILES string of the molecule is Nc1ccc(NC(=O)C(=O)N(CCO)CCO)c(Cl)c1. The number of carbonyl (C=O) groups is 2. The van der Waals surface area contributed by atoms with Crippen LogP contribution in [0.1, 0.15) is 0 Å². The number of hydrogen-bond acceptors (Lipinski definition) is 5. The van der Waals surface area contributed by atoms with Gasteiger partial charge in [0.05, 0.1) is 23.9 Å². The molecule has 8 heteroatoms. The average molecular weight is 302 g/mol. The summed E-state index contributed by atoms with van der Waals surface area (Å²) in [5.41, 5.74) is 6.21. The number of anilines is 2. The third-order valence-corrected chi connectivity index (χ3v) is 2.78. The fraction of sp³-hybridized carbons (Fsp3) is 0.333. The van der Waals surface area contributed by atoms with E-state index >= 15 is 0 Å². The van der Waals surface area contributed by atoms with Crippen LogP contribution in [-0.2, 0) is 9.59 Å². The van der Waals surface area contributed by atoms with Gasteiger partial charge in [0.1, 0.15) is 0 Å². The van der Waals surface area contributed by atoms with Crippen molar-refractivity contribution in [1.29, 1.82) is 0 Å². The Labute approximate surface area is 120 Å². The van der Waals surface area contributed by atoms with Crippen molar-refractivity contribution < 1.29 is 19.8 Å². The summed E-state index contributed by atoms with van der Waals surface area (Å²) >= 11 is 5.88. The van der Waals surface area contributed by atoms with Crippen molar-refractivity contribution in [2.75, 3.05) is 37.4 Å². The van der Waals surface area contributed by atoms with Crippen molar-refractivity contribution in [2.24, 2.45) is 0 Å². The van der Waals surface area contributed by atoms with Gasteiger partial charge in [0.25, 0.3) is 0 Å². The molecule has 0 saturated carbocycles. The largest absolute Gasteiger partial charge is 0.399 e. The second kappa shape index (κ2) is 7.68. The number of nitrogens with two attached hydrogens (primary N) is 1. The number of nitrogens with one attached hydrogen (secondary N) is 1. The fourth-order valence-electron chi connectivity index (χ4n) is 1.51. The molecule has 0 aliphatic rings. The quantitative estimate of drug-likeness (QED) is 0.439. The van der Waals surface area contributed by atoms with Gasteiger partial charge in [0, 0.05) is 18.8 Å². The number of rotatable bonds is 5. The first kappa shape index (κ1) is 16.2. The Morgan fingerprint density at radius 1 is 1.25 bits per heavy atom. The zero-order chi connectivity index (χ0) is 15.1. The highest BCUT2D eigenvalue weighted by molar-refractivity contribution is 6.41. The highest BCUT2D eigenvalue weighted by Crippen LogP contribution is 2.23. The van der Waals surface area contributed by atoms with E-state index in [0.717, 1.165) is 4.90 Å². The molecular formula is C12H16ClN3O4. The summed E-state index contributed by atoms with van der Waals surface area (Å²) in [6, 6.07) is 4.46. The Morgan fingerprint density at radius 2 is 1.85 bits per heavy atom. The van der Waals surface area contributed by atoms with Crippen molar-refractivity contribution in [3.63, 3.8) is 0 Å². The lowest BCUT2D eigenvalue weighted by molar-refractivity contribution is -0.143. The number of aliphatic hydroxyl groups excluding tert-OH is 2. The number of nitrogens with zero attached hydrogens (tertiary/aromatic N) is 1. The number of benzene rings is 1. The lowest BCUT2D eigenvalue weighted by Crippen LogP contribution is -2.42. The predicted molar refractivity (Wildman–Crippen MR) is 75.2 cm³/mol. The van der Waals surface area contributed by atoms with E-state index in [1.54, 1.807) is 0 Å². The number of carbonyl (C=O) groups excluding carboxylic acids is 2. The fourth-order valence-corrected chi connectivity index (χ4v) is 1.74. The van der Waals surface area contributed by atoms with Crippen LogP contribution in [0.4, 0.5) is 11.4 Å². The number of hydrogen-bond donors (Lipinski definition) is 4. The summed E-state index contributed by atoms with van der Waals surface area (Å²) < 4.78 is 0. The van der Waals surface area contributed by atoms with Crippen LogP contribution >= 0.6 is 11.6 Å². The second-order valence-corrected chi connectivity index (χ2v) is 4.34. The molecule has 0 bridgehead atoms. The molecule has 1 rings (SSSR count). The summed E-state index contributed by atoms with van der Waals surface area (Å²) in [7, 11) is 0. The maximum atomic E-state index is 11.8. The summed E-state index contributed by atoms with van der Waals surface area (Å²) in [6.07, 6.45) is 0. The molecule has 1 aromatic rings. The van der Waals surface area contributed by atoms with E-state index in [1.807, 2.05) is 0 Å². The molecule has 0 atom stereocenters. The van der Waals surface area contributed by atoms with Gasteiger partial charge in [-0.2, -0.15) is 0 Å². The molecule has 1 aromatic carbocycles. The highest BCUT2D eigenvalue weighted by Gasteiger charge is 2.21. The molecule has 0 aliphatic heterocycles. The summed E-state index contributed by atoms with van der Waals surface area (Å²) in [6.45, 7) is -0.687. The summed E-state index contributed by atoms with van der Waals surface area (Å²) in [5.74, 6) is -1.76. The van der Waals surface area contributed by atoms with Gasteiger partial charge < -0.3 is 26.2 Å². The van der Waals surface area contributed by atoms with Gasteiger partial charge in [-0.05, 0) is 18.2 Å². The molecule has 0 aromatic heterocycles. The molecule has 0 heterocycles. The van der Waals surface area contributed by atoms with Crippen LogP contribution in [0, 0.1) is 0 Å². The molecule has 2 amide bonds. The number of halogens is 1. The van der Waals surface area contributed by atoms with Crippen LogP contribution in [0.5, 0.6) is 0 Å². The van der Waals surface area contributed by atoms with E-state index in [1.165, 1.54) is 18.2 Å². The molecule has 0 fully saturated rings. The van der Waals surface area contributed by atoms with Crippen molar-refractivity contribution in [1.82, 2.24) is 4.90 Å². The van der Waals surface area contributed by atoms with E-state index in [9.17, 15) is 9.59 Å². The lowest BCUT2D eigenvalue weighted by Gasteiger charge is -2.20. The molecule has 0 saturated heterocycles. The Morgan fingerprint density at radius 3 is 2.35 bits per heavy atom. The highest BCUT2D eigenvalue weighted by atomic mass is 35.5. The smallest absolute Gasteiger partial charge is 0.313 e. The van der Waals surface area contributed by atoms with Crippen LogP contribution in [-0.4, -0.2) is 53.2 Å². The first-order valence-electron chi connectivity index (χ1n) is 5.86. The van der Waals surface area contributed by atoms with Gasteiger partial charge in [-0.25, -0.2) is 0 Å². The average Bonchev–Trinajstić information content (AvgIpc) is 2.40. The number of amides is 2. The Kier molecular flexibility index (Phi) is 6.23. The zero-order valence-electron chi connectivity index (χ0n) is 10.7. The Bertz CT molecular complexity index is 490. The maximum absolute atomic E-state index is 11.8. The van der Waals surface area contributed by atoms with Gasteiger partial charge in [-0.3, -0.25) is 9.59 Å². The Balaban J connectivity index is 2.76. The minimum Gasteiger partial charge on any atom is -0.399 e. The summed E-state index contributed by atoms with van der Waals surface area (Å²) in [4.78, 5) is 24.7. The van der Waals surface area contributed by atoms with Crippen molar-refractivity contribution in [3.05, 3.63) is 23.2 Å². The second-order valence-electron chi connectivity index (χ2n) is 3.93. The van der Waals surface area contributed by atoms with Crippen molar-refractivity contribution in [3.8, 4) is 0 Å². The van der Waals surface area contributed by atoms with Crippen molar-refractivity contribution >= 4 is 34.8 Å². The van der Waals surface area contributed by atoms with Crippen LogP contribution in [0.25, 0.3) is 0 Å². The topological polar surface area (TPSA) is 116 Å². The molecule has 0 spiro atoms. The lowest BCUT2D eigenvalue weighted by atomic mass is 10.3. The van der Waals surface area contributed by atoms with Gasteiger partial charge in [0.15, 0.2) is 0 Å². The van der Waals surface area contributed by atoms with E-state index in [0.29, 0.717) is 5.69 Å². The molecule has 0 aliphatic carbocycles. The normalized spacial score (nSPS) is 10.2. The first-order valence-corrected chi connectivity index (χ1v) is 6.24. The summed E-state index contributed by atoms with van der Waals surface area (Å²) in [5, 5.41) is 20.2. The van der Waals surface area contributed by atoms with E-state index < -0.39 is 11.8 Å². The Hall–Kier alpha value is -1.83. The minimum absolute atomic E-state index is 0.0394. The van der Waals surface area contributed by atoms with Crippen LogP contribution in [0.2, 0.25) is 5.02 Å². The van der Waals surface area contributed by atoms with Gasteiger partial charge in [-0.15, -0.1) is 0 Å². The monoisotopic (exact) mass is 301 g/mol. The molecule has 0 radical (unpaired) electrons. The third kappa shape index (κ3) is 4.37. The first-order chi connectivity index (χ1) is 9.49. The molecular weight excluding hydrogens is 286 g/mol. The van der Waals surface area contributed by atoms with Crippen LogP contribution < -0.4 is 11.1 Å². The molecule has 7 nitrogen and oxygen atoms in total. The molecule has 110 valence electrons.